The van der Waals surface area contributed by atoms with Gasteiger partial charge in [-0.15, -0.1) is 0 Å². The second-order valence-electron chi connectivity index (χ2n) is 3.10. The Hall–Kier alpha value is -1.63. The number of nitro groups is 1. The molecule has 92 valence electrons. The van der Waals surface area contributed by atoms with Gasteiger partial charge in [0.25, 0.3) is 0 Å². The lowest BCUT2D eigenvalue weighted by Crippen LogP contribution is -2.09. The van der Waals surface area contributed by atoms with Crippen LogP contribution >= 0.6 is 11.6 Å². The van der Waals surface area contributed by atoms with E-state index < -0.39 is 23.1 Å². The van der Waals surface area contributed by atoms with Gasteiger partial charge in [0.2, 0.25) is 6.20 Å². The number of rotatable bonds is 3. The van der Waals surface area contributed by atoms with Gasteiger partial charge in [-0.25, -0.2) is 4.98 Å². The number of nitrogens with zero attached hydrogens (tertiary/aromatic N) is 2. The quantitative estimate of drug-likeness (QED) is 0.479. The van der Waals surface area contributed by atoms with Gasteiger partial charge in [-0.3, -0.25) is 10.1 Å². The van der Waals surface area contributed by atoms with Crippen LogP contribution in [0.1, 0.15) is 12.0 Å². The van der Waals surface area contributed by atoms with Crippen LogP contribution in [-0.4, -0.2) is 16.1 Å². The molecule has 0 amide bonds. The van der Waals surface area contributed by atoms with Crippen molar-refractivity contribution in [3.8, 4) is 0 Å². The predicted octanol–water partition coefficient (Wildman–Crippen LogP) is 3.31. The minimum atomic E-state index is -4.53. The Labute approximate surface area is 98.9 Å². The first-order valence-electron chi connectivity index (χ1n) is 4.31. The van der Waals surface area contributed by atoms with Crippen LogP contribution in [0.15, 0.2) is 24.5 Å². The first-order chi connectivity index (χ1) is 7.78. The lowest BCUT2D eigenvalue weighted by atomic mass is 10.1. The molecule has 1 rings (SSSR count). The Bertz CT molecular complexity index is 460. The Morgan fingerprint density at radius 2 is 2.24 bits per heavy atom. The topological polar surface area (TPSA) is 56.0 Å². The molecule has 0 spiro atoms. The van der Waals surface area contributed by atoms with Gasteiger partial charge >= 0.3 is 6.18 Å². The molecule has 1 aromatic rings. The summed E-state index contributed by atoms with van der Waals surface area (Å²) in [6.45, 7) is 0. The van der Waals surface area contributed by atoms with Gasteiger partial charge in [0.05, 0.1) is 11.3 Å². The molecule has 0 aliphatic heterocycles. The summed E-state index contributed by atoms with van der Waals surface area (Å²) >= 11 is 5.51. The van der Waals surface area contributed by atoms with E-state index in [1.807, 2.05) is 0 Å². The molecular formula is C9H6ClF3N2O2. The number of halogens is 4. The van der Waals surface area contributed by atoms with E-state index in [9.17, 15) is 23.3 Å². The van der Waals surface area contributed by atoms with E-state index in [-0.39, 0.29) is 10.7 Å². The second kappa shape index (κ2) is 5.13. The van der Waals surface area contributed by atoms with Crippen molar-refractivity contribution in [1.82, 2.24) is 4.98 Å². The minimum absolute atomic E-state index is 0.0269. The summed E-state index contributed by atoms with van der Waals surface area (Å²) in [7, 11) is 0. The van der Waals surface area contributed by atoms with Gasteiger partial charge in [0, 0.05) is 11.8 Å². The Morgan fingerprint density at radius 1 is 1.59 bits per heavy atom. The maximum Gasteiger partial charge on any atom is 0.393 e. The standard InChI is InChI=1S/C9H6ClF3N2O2/c10-8-3-6(1-2-14-8)7(5-15(16)17)4-9(11,12)13/h1-3,5H,4H2. The van der Waals surface area contributed by atoms with E-state index in [1.165, 1.54) is 12.3 Å². The third kappa shape index (κ3) is 4.81. The molecule has 0 saturated carbocycles. The van der Waals surface area contributed by atoms with Crippen LogP contribution in [0, 0.1) is 10.1 Å². The minimum Gasteiger partial charge on any atom is -0.259 e. The number of alkyl halides is 3. The van der Waals surface area contributed by atoms with Crippen molar-refractivity contribution >= 4 is 17.2 Å². The van der Waals surface area contributed by atoms with Crippen molar-refractivity contribution < 1.29 is 18.1 Å². The molecule has 0 aromatic carbocycles. The molecule has 0 N–H and O–H groups in total. The average molecular weight is 267 g/mol. The normalized spacial score (nSPS) is 12.6. The lowest BCUT2D eigenvalue weighted by molar-refractivity contribution is -0.401. The predicted molar refractivity (Wildman–Crippen MR) is 54.9 cm³/mol. The van der Waals surface area contributed by atoms with Crippen LogP contribution < -0.4 is 0 Å². The van der Waals surface area contributed by atoms with Crippen LogP contribution in [0.25, 0.3) is 5.57 Å². The van der Waals surface area contributed by atoms with Crippen molar-refractivity contribution in [2.45, 2.75) is 12.6 Å². The third-order valence-electron chi connectivity index (χ3n) is 1.75. The van der Waals surface area contributed by atoms with E-state index >= 15 is 0 Å². The van der Waals surface area contributed by atoms with Gasteiger partial charge in [-0.1, -0.05) is 11.6 Å². The molecule has 0 unspecified atom stereocenters. The highest BCUT2D eigenvalue weighted by Gasteiger charge is 2.30. The zero-order chi connectivity index (χ0) is 13.1. The molecule has 0 radical (unpaired) electrons. The Morgan fingerprint density at radius 3 is 2.71 bits per heavy atom. The molecule has 0 aliphatic carbocycles. The number of allylic oxidation sites excluding steroid dienone is 1. The van der Waals surface area contributed by atoms with Gasteiger partial charge in [0.15, 0.2) is 0 Å². The Balaban J connectivity index is 3.12. The molecule has 0 bridgehead atoms. The molecule has 0 saturated heterocycles. The Kier molecular flexibility index (Phi) is 4.06. The number of hydrogen-bond acceptors (Lipinski definition) is 3. The lowest BCUT2D eigenvalue weighted by Gasteiger charge is -2.08. The van der Waals surface area contributed by atoms with Crippen molar-refractivity contribution in [1.29, 1.82) is 0 Å². The fourth-order valence-corrected chi connectivity index (χ4v) is 1.34. The van der Waals surface area contributed by atoms with Crippen LogP contribution in [-0.2, 0) is 0 Å². The highest BCUT2D eigenvalue weighted by atomic mass is 35.5. The number of aromatic nitrogens is 1. The van der Waals surface area contributed by atoms with Crippen molar-refractivity contribution in [2.75, 3.05) is 0 Å². The highest BCUT2D eigenvalue weighted by Crippen LogP contribution is 2.30. The molecule has 1 heterocycles. The largest absolute Gasteiger partial charge is 0.393 e. The average Bonchev–Trinajstić information content (AvgIpc) is 2.13. The smallest absolute Gasteiger partial charge is 0.259 e. The van der Waals surface area contributed by atoms with E-state index in [0.717, 1.165) is 6.07 Å². The summed E-state index contributed by atoms with van der Waals surface area (Å²) in [6, 6.07) is 2.37. The molecule has 8 heteroatoms. The van der Waals surface area contributed by atoms with Gasteiger partial charge in [-0.05, 0) is 17.7 Å². The maximum absolute atomic E-state index is 12.2. The summed E-state index contributed by atoms with van der Waals surface area (Å²) in [5.74, 6) is 0. The third-order valence-corrected chi connectivity index (χ3v) is 1.96. The van der Waals surface area contributed by atoms with Crippen LogP contribution in [0.4, 0.5) is 13.2 Å². The van der Waals surface area contributed by atoms with Crippen molar-refractivity contribution in [3.63, 3.8) is 0 Å². The maximum atomic E-state index is 12.2. The zero-order valence-electron chi connectivity index (χ0n) is 8.24. The molecular weight excluding hydrogens is 261 g/mol. The monoisotopic (exact) mass is 266 g/mol. The number of pyridine rings is 1. The van der Waals surface area contributed by atoms with E-state index in [0.29, 0.717) is 6.20 Å². The van der Waals surface area contributed by atoms with Crippen molar-refractivity contribution in [2.24, 2.45) is 0 Å². The molecule has 0 aliphatic rings. The molecule has 17 heavy (non-hydrogen) atoms. The summed E-state index contributed by atoms with van der Waals surface area (Å²) in [4.78, 5) is 12.9. The SMILES string of the molecule is O=[N+]([O-])C=C(CC(F)(F)F)c1ccnc(Cl)c1. The van der Waals surface area contributed by atoms with E-state index in [2.05, 4.69) is 4.98 Å². The van der Waals surface area contributed by atoms with Crippen LogP contribution in [0.3, 0.4) is 0 Å². The van der Waals surface area contributed by atoms with Gasteiger partial charge < -0.3 is 0 Å². The first-order valence-corrected chi connectivity index (χ1v) is 4.68. The van der Waals surface area contributed by atoms with Gasteiger partial charge in [0.1, 0.15) is 5.15 Å². The molecule has 0 fully saturated rings. The van der Waals surface area contributed by atoms with E-state index in [4.69, 9.17) is 11.6 Å². The molecule has 4 nitrogen and oxygen atoms in total. The summed E-state index contributed by atoms with van der Waals surface area (Å²) in [5, 5.41) is 10.2. The molecule has 0 atom stereocenters. The van der Waals surface area contributed by atoms with Crippen molar-refractivity contribution in [3.05, 3.63) is 45.4 Å². The fraction of sp³-hybridized carbons (Fsp3) is 0.222. The fourth-order valence-electron chi connectivity index (χ4n) is 1.17. The highest BCUT2D eigenvalue weighted by molar-refractivity contribution is 6.29. The first kappa shape index (κ1) is 13.4. The van der Waals surface area contributed by atoms with Gasteiger partial charge in [-0.2, -0.15) is 13.2 Å². The summed E-state index contributed by atoms with van der Waals surface area (Å²) in [6.07, 6.45) is -4.42. The molecule has 1 aromatic heterocycles. The summed E-state index contributed by atoms with van der Waals surface area (Å²) in [5.41, 5.74) is -0.439. The van der Waals surface area contributed by atoms with E-state index in [1.54, 1.807) is 0 Å². The second-order valence-corrected chi connectivity index (χ2v) is 3.49. The summed E-state index contributed by atoms with van der Waals surface area (Å²) < 4.78 is 36.7. The number of hydrogen-bond donors (Lipinski definition) is 0. The zero-order valence-corrected chi connectivity index (χ0v) is 9.00. The van der Waals surface area contributed by atoms with Crippen LogP contribution in [0.5, 0.6) is 0 Å². The van der Waals surface area contributed by atoms with Crippen LogP contribution in [0.2, 0.25) is 5.15 Å².